The first kappa shape index (κ1) is 25.1. The van der Waals surface area contributed by atoms with E-state index < -0.39 is 42.2 Å². The number of rotatable bonds is 6. The third-order valence-electron chi connectivity index (χ3n) is 6.96. The van der Waals surface area contributed by atoms with E-state index in [1.165, 1.54) is 12.1 Å². The largest absolute Gasteiger partial charge is 0.482 e. The van der Waals surface area contributed by atoms with Crippen LogP contribution in [0.1, 0.15) is 46.2 Å². The van der Waals surface area contributed by atoms with Crippen molar-refractivity contribution in [3.8, 4) is 5.75 Å². The molecule has 1 N–H and O–H groups in total. The number of hydrogen-bond donors (Lipinski definition) is 1. The Labute approximate surface area is 216 Å². The summed E-state index contributed by atoms with van der Waals surface area (Å²) in [7, 11) is 0. The van der Waals surface area contributed by atoms with Crippen LogP contribution < -0.4 is 4.74 Å². The van der Waals surface area contributed by atoms with Crippen LogP contribution in [0.25, 0.3) is 0 Å². The van der Waals surface area contributed by atoms with E-state index >= 15 is 0 Å². The first-order chi connectivity index (χ1) is 17.6. The van der Waals surface area contributed by atoms with E-state index in [-0.39, 0.29) is 17.2 Å². The van der Waals surface area contributed by atoms with Gasteiger partial charge >= 0.3 is 12.1 Å². The highest BCUT2D eigenvalue weighted by molar-refractivity contribution is 6.30. The van der Waals surface area contributed by atoms with Gasteiger partial charge < -0.3 is 14.7 Å². The minimum atomic E-state index is -4.50. The standard InChI is InChI=1S/C28H23ClF3NO4/c29-17-9-10-24(37-15-25(34)35)22(13-17)26-18-6-2-1-5-16(18)11-12-33(26)27(36)21-14-20(21)19-7-3-4-8-23(19)28(30,31)32/h1-10,13,20-21,26H,11-12,14-15H2,(H,34,35). The summed E-state index contributed by atoms with van der Waals surface area (Å²) in [4.78, 5) is 26.7. The molecule has 37 heavy (non-hydrogen) atoms. The first-order valence-electron chi connectivity index (χ1n) is 11.8. The van der Waals surface area contributed by atoms with Crippen molar-refractivity contribution >= 4 is 23.5 Å². The van der Waals surface area contributed by atoms with E-state index in [1.807, 2.05) is 24.3 Å². The van der Waals surface area contributed by atoms with Crippen molar-refractivity contribution in [3.63, 3.8) is 0 Å². The number of ether oxygens (including phenoxy) is 1. The van der Waals surface area contributed by atoms with Gasteiger partial charge in [-0.05, 0) is 59.7 Å². The van der Waals surface area contributed by atoms with Crippen molar-refractivity contribution in [2.45, 2.75) is 31.0 Å². The van der Waals surface area contributed by atoms with E-state index in [0.29, 0.717) is 30.0 Å². The SMILES string of the molecule is O=C(O)COc1ccc(Cl)cc1C1c2ccccc2CCN1C(=O)C1CC1c1ccccc1C(F)(F)F. The second kappa shape index (κ2) is 9.74. The van der Waals surface area contributed by atoms with Gasteiger partial charge in [-0.3, -0.25) is 4.79 Å². The molecule has 0 saturated heterocycles. The van der Waals surface area contributed by atoms with Crippen LogP contribution in [0.4, 0.5) is 13.2 Å². The van der Waals surface area contributed by atoms with Gasteiger partial charge in [0, 0.05) is 23.0 Å². The molecule has 0 bridgehead atoms. The molecule has 5 nitrogen and oxygen atoms in total. The highest BCUT2D eigenvalue weighted by Crippen LogP contribution is 2.53. The van der Waals surface area contributed by atoms with Gasteiger partial charge in [0.1, 0.15) is 5.75 Å². The zero-order chi connectivity index (χ0) is 26.3. The van der Waals surface area contributed by atoms with Crippen molar-refractivity contribution in [3.05, 3.63) is 99.6 Å². The van der Waals surface area contributed by atoms with Crippen molar-refractivity contribution in [1.29, 1.82) is 0 Å². The Morgan fingerprint density at radius 2 is 1.70 bits per heavy atom. The van der Waals surface area contributed by atoms with E-state index in [4.69, 9.17) is 21.4 Å². The normalized spacial score (nSPS) is 20.8. The van der Waals surface area contributed by atoms with E-state index in [2.05, 4.69) is 0 Å². The molecule has 1 heterocycles. The van der Waals surface area contributed by atoms with Crippen molar-refractivity contribution in [1.82, 2.24) is 4.90 Å². The van der Waals surface area contributed by atoms with E-state index in [0.717, 1.165) is 17.2 Å². The molecule has 0 spiro atoms. The molecule has 1 amide bonds. The second-order valence-electron chi connectivity index (χ2n) is 9.28. The molecule has 0 radical (unpaired) electrons. The van der Waals surface area contributed by atoms with Gasteiger partial charge in [0.05, 0.1) is 11.6 Å². The van der Waals surface area contributed by atoms with E-state index in [9.17, 15) is 22.8 Å². The van der Waals surface area contributed by atoms with Gasteiger partial charge in [-0.2, -0.15) is 13.2 Å². The monoisotopic (exact) mass is 529 g/mol. The van der Waals surface area contributed by atoms with Crippen LogP contribution in [0.3, 0.4) is 0 Å². The summed E-state index contributed by atoms with van der Waals surface area (Å²) in [5, 5.41) is 9.52. The molecule has 192 valence electrons. The van der Waals surface area contributed by atoms with Crippen LogP contribution in [0, 0.1) is 5.92 Å². The molecule has 1 aliphatic heterocycles. The number of halogens is 4. The first-order valence-corrected chi connectivity index (χ1v) is 12.2. The molecule has 9 heteroatoms. The molecule has 2 aliphatic rings. The number of amides is 1. The Balaban J connectivity index is 1.52. The summed E-state index contributed by atoms with van der Waals surface area (Å²) in [6.45, 7) is -0.217. The van der Waals surface area contributed by atoms with Crippen molar-refractivity contribution in [2.24, 2.45) is 5.92 Å². The molecule has 3 aromatic rings. The average Bonchev–Trinajstić information content (AvgIpc) is 3.67. The topological polar surface area (TPSA) is 66.8 Å². The number of carboxylic acid groups (broad SMARTS) is 1. The quantitative estimate of drug-likeness (QED) is 0.419. The summed E-state index contributed by atoms with van der Waals surface area (Å²) < 4.78 is 46.4. The zero-order valence-electron chi connectivity index (χ0n) is 19.5. The smallest absolute Gasteiger partial charge is 0.416 e. The lowest BCUT2D eigenvalue weighted by atomic mass is 9.87. The molecule has 5 rings (SSSR count). The Bertz CT molecular complexity index is 1360. The third kappa shape index (κ3) is 5.03. The Hall–Kier alpha value is -3.52. The summed E-state index contributed by atoms with van der Waals surface area (Å²) in [5.41, 5.74) is 1.82. The maximum atomic E-state index is 13.8. The van der Waals surface area contributed by atoms with Crippen LogP contribution in [0.2, 0.25) is 5.02 Å². The summed E-state index contributed by atoms with van der Waals surface area (Å²) in [6, 6.07) is 17.2. The van der Waals surface area contributed by atoms with Gasteiger partial charge in [-0.1, -0.05) is 54.1 Å². The van der Waals surface area contributed by atoms with E-state index in [1.54, 1.807) is 29.2 Å². The second-order valence-corrected chi connectivity index (χ2v) is 9.72. The molecular formula is C28H23ClF3NO4. The molecule has 3 aromatic carbocycles. The number of carboxylic acids is 1. The number of benzene rings is 3. The third-order valence-corrected chi connectivity index (χ3v) is 7.19. The number of hydrogen-bond acceptors (Lipinski definition) is 3. The van der Waals surface area contributed by atoms with Crippen LogP contribution in [0.5, 0.6) is 5.75 Å². The summed E-state index contributed by atoms with van der Waals surface area (Å²) in [6.07, 6.45) is -3.59. The maximum absolute atomic E-state index is 13.8. The number of aliphatic carboxylic acids is 1. The fraction of sp³-hybridized carbons (Fsp3) is 0.286. The average molecular weight is 530 g/mol. The number of carbonyl (C=O) groups excluding carboxylic acids is 1. The minimum Gasteiger partial charge on any atom is -0.482 e. The van der Waals surface area contributed by atoms with Crippen LogP contribution in [0.15, 0.2) is 66.7 Å². The number of fused-ring (bicyclic) bond motifs is 1. The number of carbonyl (C=O) groups is 2. The lowest BCUT2D eigenvalue weighted by Crippen LogP contribution is -2.41. The summed E-state index contributed by atoms with van der Waals surface area (Å²) in [5.74, 6) is -2.22. The molecular weight excluding hydrogens is 507 g/mol. The molecule has 3 unspecified atom stereocenters. The lowest BCUT2D eigenvalue weighted by Gasteiger charge is -2.38. The molecule has 3 atom stereocenters. The molecule has 0 aromatic heterocycles. The fourth-order valence-corrected chi connectivity index (χ4v) is 5.43. The van der Waals surface area contributed by atoms with Crippen molar-refractivity contribution in [2.75, 3.05) is 13.2 Å². The number of alkyl halides is 3. The number of nitrogens with zero attached hydrogens (tertiary/aromatic N) is 1. The Morgan fingerprint density at radius 3 is 2.43 bits per heavy atom. The van der Waals surface area contributed by atoms with Gasteiger partial charge in [-0.25, -0.2) is 4.79 Å². The predicted molar refractivity (Wildman–Crippen MR) is 131 cm³/mol. The maximum Gasteiger partial charge on any atom is 0.416 e. The molecule has 1 aliphatic carbocycles. The molecule has 1 fully saturated rings. The van der Waals surface area contributed by atoms with Gasteiger partial charge in [-0.15, -0.1) is 0 Å². The highest BCUT2D eigenvalue weighted by Gasteiger charge is 2.50. The van der Waals surface area contributed by atoms with Gasteiger partial charge in [0.2, 0.25) is 5.91 Å². The highest BCUT2D eigenvalue weighted by atomic mass is 35.5. The Kier molecular flexibility index (Phi) is 6.62. The van der Waals surface area contributed by atoms with Crippen molar-refractivity contribution < 1.29 is 32.6 Å². The predicted octanol–water partition coefficient (Wildman–Crippen LogP) is 6.10. The van der Waals surface area contributed by atoms with Gasteiger partial charge in [0.25, 0.3) is 0 Å². The van der Waals surface area contributed by atoms with Crippen LogP contribution in [-0.4, -0.2) is 35.0 Å². The van der Waals surface area contributed by atoms with Gasteiger partial charge in [0.15, 0.2) is 6.61 Å². The molecule has 1 saturated carbocycles. The summed E-state index contributed by atoms with van der Waals surface area (Å²) >= 11 is 6.31. The minimum absolute atomic E-state index is 0.135. The van der Waals surface area contributed by atoms with Crippen LogP contribution in [-0.2, 0) is 22.2 Å². The fourth-order valence-electron chi connectivity index (χ4n) is 5.25. The van der Waals surface area contributed by atoms with Crippen LogP contribution >= 0.6 is 11.6 Å². The zero-order valence-corrected chi connectivity index (χ0v) is 20.3. The lowest BCUT2D eigenvalue weighted by molar-refractivity contribution is -0.139. The Morgan fingerprint density at radius 1 is 1.00 bits per heavy atom.